The van der Waals surface area contributed by atoms with Crippen LogP contribution in [-0.4, -0.2) is 12.3 Å². The summed E-state index contributed by atoms with van der Waals surface area (Å²) in [6, 6.07) is 12.0. The van der Waals surface area contributed by atoms with Crippen LogP contribution in [0.1, 0.15) is 5.56 Å². The van der Waals surface area contributed by atoms with Gasteiger partial charge in [0.05, 0.1) is 10.0 Å². The first kappa shape index (κ1) is 16.8. The highest BCUT2D eigenvalue weighted by molar-refractivity contribution is 6.40. The van der Waals surface area contributed by atoms with Gasteiger partial charge in [0.25, 0.3) is 0 Å². The Kier molecular flexibility index (Phi) is 5.83. The molecule has 0 amide bonds. The molecule has 6 heteroatoms. The van der Waals surface area contributed by atoms with Crippen LogP contribution in [0.3, 0.4) is 0 Å². The number of ether oxygens (including phenoxy) is 1. The van der Waals surface area contributed by atoms with Gasteiger partial charge in [0.2, 0.25) is 0 Å². The maximum absolute atomic E-state index is 12.1. The fraction of sp³-hybridized carbons (Fsp3) is 0.125. The van der Waals surface area contributed by atoms with Crippen LogP contribution in [0.15, 0.2) is 42.5 Å². The minimum Gasteiger partial charge on any atom is -0.423 e. The summed E-state index contributed by atoms with van der Waals surface area (Å²) in [5.41, 5.74) is 0.852. The summed E-state index contributed by atoms with van der Waals surface area (Å²) in [6.07, 6.45) is 0.791. The molecule has 0 saturated carbocycles. The first-order valence-corrected chi connectivity index (χ1v) is 7.50. The van der Waals surface area contributed by atoms with Crippen molar-refractivity contribution in [1.29, 1.82) is 0 Å². The summed E-state index contributed by atoms with van der Waals surface area (Å²) >= 11 is 17.7. The van der Waals surface area contributed by atoms with Gasteiger partial charge < -0.3 is 9.53 Å². The fourth-order valence-electron chi connectivity index (χ4n) is 1.86. The van der Waals surface area contributed by atoms with Crippen LogP contribution in [0.25, 0.3) is 0 Å². The van der Waals surface area contributed by atoms with E-state index >= 15 is 0 Å². The first-order valence-electron chi connectivity index (χ1n) is 6.36. The fourth-order valence-corrected chi connectivity index (χ4v) is 2.75. The lowest BCUT2D eigenvalue weighted by Gasteiger charge is -2.12. The summed E-state index contributed by atoms with van der Waals surface area (Å²) in [6.45, 7) is 0. The predicted octanol–water partition coefficient (Wildman–Crippen LogP) is 4.61. The van der Waals surface area contributed by atoms with Gasteiger partial charge in [-0.15, -0.1) is 0 Å². The van der Waals surface area contributed by atoms with Crippen LogP contribution in [0, 0.1) is 5.92 Å². The van der Waals surface area contributed by atoms with E-state index in [2.05, 4.69) is 0 Å². The van der Waals surface area contributed by atoms with Gasteiger partial charge in [0, 0.05) is 5.02 Å². The van der Waals surface area contributed by atoms with Gasteiger partial charge in [0.15, 0.2) is 5.75 Å². The third kappa shape index (κ3) is 4.23. The number of benzene rings is 2. The van der Waals surface area contributed by atoms with E-state index in [0.717, 1.165) is 5.56 Å². The van der Waals surface area contributed by atoms with Gasteiger partial charge in [-0.2, -0.15) is 0 Å². The molecule has 0 fully saturated rings. The molecule has 0 aromatic heterocycles. The highest BCUT2D eigenvalue weighted by atomic mass is 35.5. The van der Waals surface area contributed by atoms with Crippen LogP contribution in [0.2, 0.25) is 15.1 Å². The second-order valence-corrected chi connectivity index (χ2v) is 5.80. The average Bonchev–Trinajstić information content (AvgIpc) is 2.49. The molecule has 0 radical (unpaired) electrons. The van der Waals surface area contributed by atoms with Crippen LogP contribution in [-0.2, 0) is 16.0 Å². The molecule has 2 rings (SSSR count). The van der Waals surface area contributed by atoms with Gasteiger partial charge in [-0.25, -0.2) is 0 Å². The molecule has 2 aromatic carbocycles. The zero-order valence-electron chi connectivity index (χ0n) is 11.3. The van der Waals surface area contributed by atoms with E-state index in [4.69, 9.17) is 39.5 Å². The number of hydrogen-bond acceptors (Lipinski definition) is 3. The van der Waals surface area contributed by atoms with Gasteiger partial charge in [-0.1, -0.05) is 65.1 Å². The van der Waals surface area contributed by atoms with Crippen LogP contribution in [0.5, 0.6) is 5.75 Å². The van der Waals surface area contributed by atoms with Crippen molar-refractivity contribution < 1.29 is 14.3 Å². The molecular weight excluding hydrogens is 347 g/mol. The molecule has 0 N–H and O–H groups in total. The van der Waals surface area contributed by atoms with Crippen molar-refractivity contribution in [2.75, 3.05) is 0 Å². The number of aldehydes is 1. The quantitative estimate of drug-likeness (QED) is 0.340. The first-order chi connectivity index (χ1) is 10.5. The molecule has 0 unspecified atom stereocenters. The topological polar surface area (TPSA) is 43.4 Å². The second kappa shape index (κ2) is 7.63. The molecule has 0 aliphatic carbocycles. The van der Waals surface area contributed by atoms with E-state index in [1.807, 2.05) is 30.3 Å². The summed E-state index contributed by atoms with van der Waals surface area (Å²) in [5.74, 6) is -1.66. The lowest BCUT2D eigenvalue weighted by atomic mass is 10.0. The molecule has 0 bridgehead atoms. The summed E-state index contributed by atoms with van der Waals surface area (Å²) in [7, 11) is 0. The lowest BCUT2D eigenvalue weighted by molar-refractivity contribution is -0.140. The van der Waals surface area contributed by atoms with E-state index in [1.165, 1.54) is 12.1 Å². The Morgan fingerprint density at radius 3 is 2.23 bits per heavy atom. The molecule has 3 nitrogen and oxygen atoms in total. The third-order valence-corrected chi connectivity index (χ3v) is 3.71. The summed E-state index contributed by atoms with van der Waals surface area (Å²) in [5, 5.41) is 0.538. The number of halogens is 3. The van der Waals surface area contributed by atoms with Gasteiger partial charge in [-0.05, 0) is 24.1 Å². The van der Waals surface area contributed by atoms with E-state index in [1.54, 1.807) is 0 Å². The number of carbonyl (C=O) groups excluding carboxylic acids is 2. The lowest BCUT2D eigenvalue weighted by Crippen LogP contribution is -2.24. The van der Waals surface area contributed by atoms with Crippen molar-refractivity contribution in [1.82, 2.24) is 0 Å². The van der Waals surface area contributed by atoms with Crippen molar-refractivity contribution in [2.45, 2.75) is 6.42 Å². The van der Waals surface area contributed by atoms with Crippen LogP contribution < -0.4 is 4.74 Å². The number of hydrogen-bond donors (Lipinski definition) is 0. The molecule has 2 aromatic rings. The highest BCUT2D eigenvalue weighted by Crippen LogP contribution is 2.36. The zero-order valence-corrected chi connectivity index (χ0v) is 13.5. The Labute approximate surface area is 142 Å². The Bertz CT molecular complexity index is 663. The second-order valence-electron chi connectivity index (χ2n) is 4.55. The number of esters is 1. The van der Waals surface area contributed by atoms with Crippen molar-refractivity contribution in [3.05, 3.63) is 63.1 Å². The Balaban J connectivity index is 2.15. The third-order valence-electron chi connectivity index (χ3n) is 2.93. The SMILES string of the molecule is O=C[C@@H](Cc1ccccc1)C(=O)Oc1c(Cl)cc(Cl)cc1Cl. The monoisotopic (exact) mass is 356 g/mol. The van der Waals surface area contributed by atoms with Crippen LogP contribution in [0.4, 0.5) is 0 Å². The van der Waals surface area contributed by atoms with Crippen molar-refractivity contribution in [3.63, 3.8) is 0 Å². The molecular formula is C16H11Cl3O3. The molecule has 1 atom stereocenters. The largest absolute Gasteiger partial charge is 0.423 e. The van der Waals surface area contributed by atoms with Gasteiger partial charge >= 0.3 is 5.97 Å². The Morgan fingerprint density at radius 1 is 1.09 bits per heavy atom. The van der Waals surface area contributed by atoms with E-state index in [0.29, 0.717) is 11.3 Å². The van der Waals surface area contributed by atoms with E-state index < -0.39 is 11.9 Å². The predicted molar refractivity (Wildman–Crippen MR) is 86.8 cm³/mol. The maximum atomic E-state index is 12.1. The molecule has 22 heavy (non-hydrogen) atoms. The molecule has 0 aliphatic rings. The Morgan fingerprint density at radius 2 is 1.68 bits per heavy atom. The van der Waals surface area contributed by atoms with Crippen molar-refractivity contribution in [3.8, 4) is 5.75 Å². The molecule has 0 spiro atoms. The van der Waals surface area contributed by atoms with Crippen LogP contribution >= 0.6 is 34.8 Å². The smallest absolute Gasteiger partial charge is 0.322 e. The normalized spacial score (nSPS) is 11.8. The van der Waals surface area contributed by atoms with Crippen molar-refractivity contribution in [2.24, 2.45) is 5.92 Å². The standard InChI is InChI=1S/C16H11Cl3O3/c17-12-7-13(18)15(14(19)8-12)22-16(21)11(9-20)6-10-4-2-1-3-5-10/h1-5,7-9,11H,6H2/t11-/m1/s1. The minimum absolute atomic E-state index is 0.00218. The highest BCUT2D eigenvalue weighted by Gasteiger charge is 2.23. The van der Waals surface area contributed by atoms with Gasteiger partial charge in [0.1, 0.15) is 12.2 Å². The molecule has 114 valence electrons. The number of rotatable bonds is 5. The Hall–Kier alpha value is -1.55. The van der Waals surface area contributed by atoms with E-state index in [-0.39, 0.29) is 22.2 Å². The summed E-state index contributed by atoms with van der Waals surface area (Å²) < 4.78 is 5.16. The number of carbonyl (C=O) groups is 2. The molecule has 0 saturated heterocycles. The van der Waals surface area contributed by atoms with E-state index in [9.17, 15) is 9.59 Å². The summed E-state index contributed by atoms with van der Waals surface area (Å²) in [4.78, 5) is 23.3. The molecule has 0 heterocycles. The minimum atomic E-state index is -0.940. The maximum Gasteiger partial charge on any atom is 0.322 e. The zero-order chi connectivity index (χ0) is 16.1. The van der Waals surface area contributed by atoms with Gasteiger partial charge in [-0.3, -0.25) is 4.79 Å². The molecule has 0 aliphatic heterocycles. The van der Waals surface area contributed by atoms with Crippen molar-refractivity contribution >= 4 is 47.1 Å². The average molecular weight is 358 g/mol.